The molecule has 2 aromatic carbocycles. The van der Waals surface area contributed by atoms with Crippen molar-refractivity contribution in [1.29, 1.82) is 0 Å². The van der Waals surface area contributed by atoms with Crippen molar-refractivity contribution in [3.63, 3.8) is 0 Å². The highest BCUT2D eigenvalue weighted by Crippen LogP contribution is 2.30. The minimum Gasteiger partial charge on any atom is -0.504 e. The number of nitrogens with two attached hydrogens (primary N) is 1. The Kier molecular flexibility index (Phi) is 4.71. The standard InChI is InChI=1S/C19H22N2O3/c20-12-13-2-1-3-15(10-13)14-6-8-21(9-7-14)19(24)16-4-5-17(22)18(23)11-16/h1-5,10-11,14,22-23H,6-9,12,20H2. The van der Waals surface area contributed by atoms with Gasteiger partial charge in [0.05, 0.1) is 0 Å². The molecule has 3 rings (SSSR count). The summed E-state index contributed by atoms with van der Waals surface area (Å²) >= 11 is 0. The van der Waals surface area contributed by atoms with Crippen LogP contribution in [0.1, 0.15) is 40.2 Å². The van der Waals surface area contributed by atoms with Gasteiger partial charge in [-0.05, 0) is 48.1 Å². The van der Waals surface area contributed by atoms with Crippen molar-refractivity contribution in [2.75, 3.05) is 13.1 Å². The maximum absolute atomic E-state index is 12.5. The topological polar surface area (TPSA) is 86.8 Å². The van der Waals surface area contributed by atoms with Gasteiger partial charge in [-0.15, -0.1) is 0 Å². The van der Waals surface area contributed by atoms with Crippen molar-refractivity contribution in [3.8, 4) is 11.5 Å². The van der Waals surface area contributed by atoms with E-state index in [1.165, 1.54) is 23.8 Å². The zero-order chi connectivity index (χ0) is 17.1. The Balaban J connectivity index is 1.65. The van der Waals surface area contributed by atoms with Gasteiger partial charge in [-0.25, -0.2) is 0 Å². The van der Waals surface area contributed by atoms with Gasteiger partial charge in [0, 0.05) is 25.2 Å². The molecule has 5 nitrogen and oxygen atoms in total. The van der Waals surface area contributed by atoms with Crippen LogP contribution in [0.25, 0.3) is 0 Å². The van der Waals surface area contributed by atoms with E-state index < -0.39 is 0 Å². The van der Waals surface area contributed by atoms with Crippen LogP contribution < -0.4 is 5.73 Å². The molecule has 0 saturated carbocycles. The van der Waals surface area contributed by atoms with E-state index in [4.69, 9.17) is 5.73 Å². The summed E-state index contributed by atoms with van der Waals surface area (Å²) in [4.78, 5) is 14.3. The number of phenols is 2. The van der Waals surface area contributed by atoms with Crippen LogP contribution in [0.5, 0.6) is 11.5 Å². The molecule has 0 aliphatic carbocycles. The average molecular weight is 326 g/mol. The minimum atomic E-state index is -0.269. The van der Waals surface area contributed by atoms with E-state index in [0.29, 0.717) is 31.1 Å². The monoisotopic (exact) mass is 326 g/mol. The first-order valence-electron chi connectivity index (χ1n) is 8.18. The first-order chi connectivity index (χ1) is 11.6. The maximum atomic E-state index is 12.5. The molecule has 2 aromatic rings. The number of hydrogen-bond donors (Lipinski definition) is 3. The molecule has 0 bridgehead atoms. The molecule has 0 atom stereocenters. The number of carbonyl (C=O) groups is 1. The molecule has 1 fully saturated rings. The molecular formula is C19H22N2O3. The Morgan fingerprint density at radius 2 is 1.83 bits per heavy atom. The van der Waals surface area contributed by atoms with Gasteiger partial charge >= 0.3 is 0 Å². The lowest BCUT2D eigenvalue weighted by atomic mass is 9.88. The molecule has 0 radical (unpaired) electrons. The van der Waals surface area contributed by atoms with Crippen LogP contribution in [0, 0.1) is 0 Å². The summed E-state index contributed by atoms with van der Waals surface area (Å²) in [6, 6.07) is 12.5. The van der Waals surface area contributed by atoms with Crippen LogP contribution in [0.2, 0.25) is 0 Å². The molecule has 1 heterocycles. The number of hydrogen-bond acceptors (Lipinski definition) is 4. The second-order valence-electron chi connectivity index (χ2n) is 6.22. The van der Waals surface area contributed by atoms with Crippen molar-refractivity contribution in [2.45, 2.75) is 25.3 Å². The quantitative estimate of drug-likeness (QED) is 0.757. The predicted octanol–water partition coefficient (Wildman–Crippen LogP) is 2.58. The summed E-state index contributed by atoms with van der Waals surface area (Å²) in [6.07, 6.45) is 1.81. The van der Waals surface area contributed by atoms with Crippen molar-refractivity contribution in [2.24, 2.45) is 5.73 Å². The third-order valence-corrected chi connectivity index (χ3v) is 4.66. The number of likely N-dealkylation sites (tertiary alicyclic amines) is 1. The molecule has 126 valence electrons. The zero-order valence-electron chi connectivity index (χ0n) is 13.5. The van der Waals surface area contributed by atoms with Gasteiger partial charge in [0.1, 0.15) is 0 Å². The van der Waals surface area contributed by atoms with Gasteiger partial charge in [0.25, 0.3) is 5.91 Å². The second-order valence-corrected chi connectivity index (χ2v) is 6.22. The van der Waals surface area contributed by atoms with Crippen molar-refractivity contribution >= 4 is 5.91 Å². The highest BCUT2D eigenvalue weighted by Gasteiger charge is 2.25. The van der Waals surface area contributed by atoms with E-state index in [9.17, 15) is 15.0 Å². The van der Waals surface area contributed by atoms with Gasteiger partial charge < -0.3 is 20.8 Å². The van der Waals surface area contributed by atoms with Crippen LogP contribution in [0.15, 0.2) is 42.5 Å². The molecule has 0 unspecified atom stereocenters. The van der Waals surface area contributed by atoms with Crippen molar-refractivity contribution < 1.29 is 15.0 Å². The number of piperidine rings is 1. The minimum absolute atomic E-state index is 0.112. The smallest absolute Gasteiger partial charge is 0.253 e. The fraction of sp³-hybridized carbons (Fsp3) is 0.316. The van der Waals surface area contributed by atoms with E-state index in [0.717, 1.165) is 18.4 Å². The predicted molar refractivity (Wildman–Crippen MR) is 92.0 cm³/mol. The molecule has 5 heteroatoms. The van der Waals surface area contributed by atoms with Crippen LogP contribution in [0.3, 0.4) is 0 Å². The Hall–Kier alpha value is -2.53. The fourth-order valence-electron chi connectivity index (χ4n) is 3.23. The zero-order valence-corrected chi connectivity index (χ0v) is 13.5. The summed E-state index contributed by atoms with van der Waals surface area (Å²) < 4.78 is 0. The number of aromatic hydroxyl groups is 2. The van der Waals surface area contributed by atoms with Crippen LogP contribution in [0.4, 0.5) is 0 Å². The number of amides is 1. The second kappa shape index (κ2) is 6.93. The largest absolute Gasteiger partial charge is 0.504 e. The van der Waals surface area contributed by atoms with Crippen molar-refractivity contribution in [1.82, 2.24) is 4.90 Å². The molecule has 0 aromatic heterocycles. The lowest BCUT2D eigenvalue weighted by Crippen LogP contribution is -2.37. The summed E-state index contributed by atoms with van der Waals surface area (Å²) in [5.74, 6) is -0.160. The summed E-state index contributed by atoms with van der Waals surface area (Å²) in [7, 11) is 0. The Morgan fingerprint density at radius 3 is 2.50 bits per heavy atom. The molecule has 1 amide bonds. The van der Waals surface area contributed by atoms with Gasteiger partial charge in [0.2, 0.25) is 0 Å². The highest BCUT2D eigenvalue weighted by atomic mass is 16.3. The van der Waals surface area contributed by atoms with Crippen LogP contribution in [-0.4, -0.2) is 34.1 Å². The molecule has 1 aliphatic rings. The van der Waals surface area contributed by atoms with E-state index in [1.807, 2.05) is 12.1 Å². The number of phenolic OH excluding ortho intramolecular Hbond substituents is 2. The first-order valence-corrected chi connectivity index (χ1v) is 8.18. The number of benzene rings is 2. The third-order valence-electron chi connectivity index (χ3n) is 4.66. The molecule has 1 saturated heterocycles. The number of carbonyl (C=O) groups excluding carboxylic acids is 1. The first kappa shape index (κ1) is 16.3. The Bertz CT molecular complexity index is 737. The summed E-state index contributed by atoms with van der Waals surface area (Å²) in [6.45, 7) is 1.89. The maximum Gasteiger partial charge on any atom is 0.253 e. The van der Waals surface area contributed by atoms with E-state index in [1.54, 1.807) is 4.90 Å². The van der Waals surface area contributed by atoms with E-state index in [-0.39, 0.29) is 17.4 Å². The average Bonchev–Trinajstić information content (AvgIpc) is 2.63. The lowest BCUT2D eigenvalue weighted by Gasteiger charge is -2.32. The Labute approximate surface area is 141 Å². The van der Waals surface area contributed by atoms with Crippen LogP contribution in [-0.2, 0) is 6.54 Å². The molecule has 1 aliphatic heterocycles. The van der Waals surface area contributed by atoms with Gasteiger partial charge in [-0.2, -0.15) is 0 Å². The SMILES string of the molecule is NCc1cccc(C2CCN(C(=O)c3ccc(O)c(O)c3)CC2)c1. The summed E-state index contributed by atoms with van der Waals surface area (Å²) in [5, 5.41) is 18.9. The highest BCUT2D eigenvalue weighted by molar-refractivity contribution is 5.95. The van der Waals surface area contributed by atoms with Crippen molar-refractivity contribution in [3.05, 3.63) is 59.2 Å². The van der Waals surface area contributed by atoms with Crippen LogP contribution >= 0.6 is 0 Å². The molecule has 24 heavy (non-hydrogen) atoms. The Morgan fingerprint density at radius 1 is 1.08 bits per heavy atom. The fourth-order valence-corrected chi connectivity index (χ4v) is 3.23. The number of nitrogens with zero attached hydrogens (tertiary/aromatic N) is 1. The molecule has 0 spiro atoms. The molecule has 4 N–H and O–H groups in total. The summed E-state index contributed by atoms with van der Waals surface area (Å²) in [5.41, 5.74) is 8.52. The lowest BCUT2D eigenvalue weighted by molar-refractivity contribution is 0.0712. The van der Waals surface area contributed by atoms with Gasteiger partial charge in [-0.1, -0.05) is 24.3 Å². The third kappa shape index (κ3) is 3.36. The van der Waals surface area contributed by atoms with E-state index >= 15 is 0 Å². The normalized spacial score (nSPS) is 15.5. The number of rotatable bonds is 3. The van der Waals surface area contributed by atoms with Gasteiger partial charge in [-0.3, -0.25) is 4.79 Å². The van der Waals surface area contributed by atoms with Gasteiger partial charge in [0.15, 0.2) is 11.5 Å². The van der Waals surface area contributed by atoms with E-state index in [2.05, 4.69) is 12.1 Å². The molecular weight excluding hydrogens is 304 g/mol.